The molecule has 0 unspecified atom stereocenters. The van der Waals surface area contributed by atoms with Gasteiger partial charge in [-0.25, -0.2) is 9.78 Å². The highest BCUT2D eigenvalue weighted by Crippen LogP contribution is 2.26. The van der Waals surface area contributed by atoms with E-state index in [0.717, 1.165) is 40.9 Å². The maximum Gasteiger partial charge on any atom is 0.323 e. The second-order valence-corrected chi connectivity index (χ2v) is 7.17. The number of amides is 2. The number of aryl methyl sites for hydroxylation is 2. The minimum atomic E-state index is -0.338. The standard InChI is InChI=1S/C22H25ClN4O/c1-5-27(6-2)21-12-15(4)17-13-16(8-10-19(17)25-21)24-22(28)26-20-9-7-14(3)11-18(20)23/h7-13H,5-6H2,1-4H3,(H2,24,26,28). The van der Waals surface area contributed by atoms with Gasteiger partial charge in [0.05, 0.1) is 16.2 Å². The molecule has 1 aromatic heterocycles. The van der Waals surface area contributed by atoms with E-state index in [-0.39, 0.29) is 6.03 Å². The van der Waals surface area contributed by atoms with Gasteiger partial charge in [0.1, 0.15) is 5.82 Å². The van der Waals surface area contributed by atoms with Crippen LogP contribution < -0.4 is 15.5 Å². The molecule has 2 aromatic carbocycles. The van der Waals surface area contributed by atoms with Crippen LogP contribution in [0.25, 0.3) is 10.9 Å². The summed E-state index contributed by atoms with van der Waals surface area (Å²) >= 11 is 6.18. The molecule has 1 heterocycles. The Morgan fingerprint density at radius 3 is 2.46 bits per heavy atom. The average molecular weight is 397 g/mol. The Bertz CT molecular complexity index is 1010. The van der Waals surface area contributed by atoms with Gasteiger partial charge in [-0.1, -0.05) is 17.7 Å². The van der Waals surface area contributed by atoms with Crippen LogP contribution in [0.4, 0.5) is 22.0 Å². The molecule has 0 radical (unpaired) electrons. The van der Waals surface area contributed by atoms with Crippen molar-refractivity contribution in [3.05, 3.63) is 58.6 Å². The minimum absolute atomic E-state index is 0.338. The molecule has 146 valence electrons. The fourth-order valence-corrected chi connectivity index (χ4v) is 3.45. The third-order valence-electron chi connectivity index (χ3n) is 4.72. The SMILES string of the molecule is CCN(CC)c1cc(C)c2cc(NC(=O)Nc3ccc(C)cc3Cl)ccc2n1. The Morgan fingerprint density at radius 1 is 1.04 bits per heavy atom. The van der Waals surface area contributed by atoms with Crippen LogP contribution in [0.2, 0.25) is 5.02 Å². The second kappa shape index (κ2) is 8.48. The lowest BCUT2D eigenvalue weighted by Gasteiger charge is -2.21. The molecule has 2 amide bonds. The van der Waals surface area contributed by atoms with E-state index in [9.17, 15) is 4.79 Å². The van der Waals surface area contributed by atoms with Gasteiger partial charge in [-0.15, -0.1) is 0 Å². The van der Waals surface area contributed by atoms with Crippen LogP contribution in [0, 0.1) is 13.8 Å². The van der Waals surface area contributed by atoms with Gasteiger partial charge in [0.15, 0.2) is 0 Å². The van der Waals surface area contributed by atoms with E-state index in [1.807, 2.05) is 37.3 Å². The molecule has 0 spiro atoms. The Labute approximate surface area is 170 Å². The highest BCUT2D eigenvalue weighted by molar-refractivity contribution is 6.33. The first kappa shape index (κ1) is 20.0. The van der Waals surface area contributed by atoms with Crippen molar-refractivity contribution in [3.63, 3.8) is 0 Å². The van der Waals surface area contributed by atoms with Crippen LogP contribution in [-0.2, 0) is 0 Å². The van der Waals surface area contributed by atoms with E-state index in [1.54, 1.807) is 6.07 Å². The number of nitrogens with zero attached hydrogens (tertiary/aromatic N) is 2. The van der Waals surface area contributed by atoms with Crippen LogP contribution in [0.15, 0.2) is 42.5 Å². The van der Waals surface area contributed by atoms with E-state index < -0.39 is 0 Å². The van der Waals surface area contributed by atoms with Crippen LogP contribution in [0.3, 0.4) is 0 Å². The van der Waals surface area contributed by atoms with Crippen molar-refractivity contribution in [3.8, 4) is 0 Å². The minimum Gasteiger partial charge on any atom is -0.357 e. The summed E-state index contributed by atoms with van der Waals surface area (Å²) in [6, 6.07) is 13.0. The molecule has 0 aliphatic rings. The van der Waals surface area contributed by atoms with E-state index in [2.05, 4.69) is 42.4 Å². The van der Waals surface area contributed by atoms with Gasteiger partial charge in [-0.05, 0) is 75.2 Å². The normalized spacial score (nSPS) is 10.8. The molecule has 0 bridgehead atoms. The molecule has 0 aliphatic carbocycles. The van der Waals surface area contributed by atoms with Gasteiger partial charge in [-0.2, -0.15) is 0 Å². The van der Waals surface area contributed by atoms with E-state index in [1.165, 1.54) is 0 Å². The number of urea groups is 1. The molecule has 0 saturated carbocycles. The maximum absolute atomic E-state index is 12.4. The summed E-state index contributed by atoms with van der Waals surface area (Å²) in [6.07, 6.45) is 0. The molecule has 28 heavy (non-hydrogen) atoms. The number of pyridine rings is 1. The third kappa shape index (κ3) is 4.37. The van der Waals surface area contributed by atoms with Gasteiger partial charge < -0.3 is 15.5 Å². The molecule has 0 aliphatic heterocycles. The van der Waals surface area contributed by atoms with Gasteiger partial charge in [-0.3, -0.25) is 0 Å². The summed E-state index contributed by atoms with van der Waals surface area (Å²) in [5.74, 6) is 0.975. The lowest BCUT2D eigenvalue weighted by Crippen LogP contribution is -2.23. The van der Waals surface area contributed by atoms with Gasteiger partial charge in [0.2, 0.25) is 0 Å². The molecular formula is C22H25ClN4O. The van der Waals surface area contributed by atoms with Crippen LogP contribution in [0.5, 0.6) is 0 Å². The van der Waals surface area contributed by atoms with E-state index in [0.29, 0.717) is 16.4 Å². The highest BCUT2D eigenvalue weighted by Gasteiger charge is 2.10. The Morgan fingerprint density at radius 2 is 1.79 bits per heavy atom. The molecule has 3 aromatic rings. The Hall–Kier alpha value is -2.79. The number of carbonyl (C=O) groups is 1. The first-order valence-corrected chi connectivity index (χ1v) is 9.79. The fourth-order valence-electron chi connectivity index (χ4n) is 3.17. The number of fused-ring (bicyclic) bond motifs is 1. The van der Waals surface area contributed by atoms with Crippen LogP contribution in [-0.4, -0.2) is 24.1 Å². The zero-order valence-electron chi connectivity index (χ0n) is 16.6. The predicted octanol–water partition coefficient (Wildman–Crippen LogP) is 6.00. The lowest BCUT2D eigenvalue weighted by molar-refractivity contribution is 0.262. The zero-order valence-corrected chi connectivity index (χ0v) is 17.4. The van der Waals surface area contributed by atoms with Gasteiger partial charge >= 0.3 is 6.03 Å². The monoisotopic (exact) mass is 396 g/mol. The summed E-state index contributed by atoms with van der Waals surface area (Å²) < 4.78 is 0. The number of aromatic nitrogens is 1. The van der Waals surface area contributed by atoms with E-state index in [4.69, 9.17) is 16.6 Å². The Kier molecular flexibility index (Phi) is 6.05. The summed E-state index contributed by atoms with van der Waals surface area (Å²) in [5, 5.41) is 7.18. The van der Waals surface area contributed by atoms with Crippen molar-refractivity contribution < 1.29 is 4.79 Å². The predicted molar refractivity (Wildman–Crippen MR) is 119 cm³/mol. The molecule has 5 nitrogen and oxygen atoms in total. The van der Waals surface area contributed by atoms with Crippen molar-refractivity contribution in [1.82, 2.24) is 4.98 Å². The number of carbonyl (C=O) groups excluding carboxylic acids is 1. The first-order chi connectivity index (χ1) is 13.4. The smallest absolute Gasteiger partial charge is 0.323 e. The number of benzene rings is 2. The number of halogens is 1. The third-order valence-corrected chi connectivity index (χ3v) is 5.03. The average Bonchev–Trinajstić information content (AvgIpc) is 2.65. The summed E-state index contributed by atoms with van der Waals surface area (Å²) in [4.78, 5) is 19.3. The highest BCUT2D eigenvalue weighted by atomic mass is 35.5. The molecule has 0 atom stereocenters. The van der Waals surface area contributed by atoms with Crippen LogP contribution in [0.1, 0.15) is 25.0 Å². The van der Waals surface area contributed by atoms with Crippen molar-refractivity contribution in [2.45, 2.75) is 27.7 Å². The van der Waals surface area contributed by atoms with Crippen molar-refractivity contribution in [1.29, 1.82) is 0 Å². The number of hydrogen-bond donors (Lipinski definition) is 2. The van der Waals surface area contributed by atoms with Gasteiger partial charge in [0, 0.05) is 24.2 Å². The summed E-state index contributed by atoms with van der Waals surface area (Å²) in [7, 11) is 0. The second-order valence-electron chi connectivity index (χ2n) is 6.76. The van der Waals surface area contributed by atoms with E-state index >= 15 is 0 Å². The maximum atomic E-state index is 12.4. The van der Waals surface area contributed by atoms with Gasteiger partial charge in [0.25, 0.3) is 0 Å². The quantitative estimate of drug-likeness (QED) is 0.556. The number of nitrogens with one attached hydrogen (secondary N) is 2. The fraction of sp³-hybridized carbons (Fsp3) is 0.273. The first-order valence-electron chi connectivity index (χ1n) is 9.41. The summed E-state index contributed by atoms with van der Waals surface area (Å²) in [5.41, 5.74) is 4.35. The lowest BCUT2D eigenvalue weighted by atomic mass is 10.1. The molecule has 2 N–H and O–H groups in total. The largest absolute Gasteiger partial charge is 0.357 e. The number of anilines is 3. The molecule has 3 rings (SSSR count). The zero-order chi connectivity index (χ0) is 20.3. The summed E-state index contributed by atoms with van der Waals surface area (Å²) in [6.45, 7) is 10.1. The topological polar surface area (TPSA) is 57.3 Å². The number of rotatable bonds is 5. The molecule has 0 saturated heterocycles. The van der Waals surface area contributed by atoms with Crippen molar-refractivity contribution >= 4 is 45.7 Å². The van der Waals surface area contributed by atoms with Crippen LogP contribution >= 0.6 is 11.6 Å². The Balaban J connectivity index is 1.81. The van der Waals surface area contributed by atoms with Crippen molar-refractivity contribution in [2.75, 3.05) is 28.6 Å². The molecule has 6 heteroatoms. The molecule has 0 fully saturated rings. The number of hydrogen-bond acceptors (Lipinski definition) is 3. The molecular weight excluding hydrogens is 372 g/mol. The van der Waals surface area contributed by atoms with Crippen molar-refractivity contribution in [2.24, 2.45) is 0 Å².